The van der Waals surface area contributed by atoms with Crippen molar-refractivity contribution in [3.63, 3.8) is 0 Å². The predicted molar refractivity (Wildman–Crippen MR) is 78.2 cm³/mol. The lowest BCUT2D eigenvalue weighted by Crippen LogP contribution is -2.48. The van der Waals surface area contributed by atoms with Crippen LogP contribution in [-0.4, -0.2) is 41.8 Å². The van der Waals surface area contributed by atoms with Crippen molar-refractivity contribution in [2.24, 2.45) is 0 Å². The number of halogens is 2. The highest BCUT2D eigenvalue weighted by atomic mass is 19.3. The average Bonchev–Trinajstić information content (AvgIpc) is 2.56. The molecule has 0 unspecified atom stereocenters. The number of amides is 2. The third-order valence-corrected chi connectivity index (χ3v) is 2.70. The summed E-state index contributed by atoms with van der Waals surface area (Å²) in [5, 5.41) is 4.85. The molecule has 0 radical (unpaired) electrons. The number of carbonyl (C=O) groups excluding carboxylic acids is 2. The zero-order chi connectivity index (χ0) is 17.9. The monoisotopic (exact) mass is 345 g/mol. The number of fused-ring (bicyclic) bond motifs is 1. The van der Waals surface area contributed by atoms with Gasteiger partial charge >= 0.3 is 12.7 Å². The molecule has 1 aromatic heterocycles. The van der Waals surface area contributed by atoms with Crippen LogP contribution in [0.5, 0.6) is 11.8 Å². The fourth-order valence-electron chi connectivity index (χ4n) is 1.80. The predicted octanol–water partition coefficient (Wildman–Crippen LogP) is 1.91. The first-order valence-corrected chi connectivity index (χ1v) is 7.03. The molecule has 1 aliphatic heterocycles. The second kappa shape index (κ2) is 6.85. The number of alkyl carbamates (subject to hydrolysis) is 1. The Kier molecular flexibility index (Phi) is 5.05. The average molecular weight is 345 g/mol. The summed E-state index contributed by atoms with van der Waals surface area (Å²) in [6, 6.07) is 1.44. The third-order valence-electron chi connectivity index (χ3n) is 2.70. The molecule has 0 saturated carbocycles. The number of ether oxygens (including phenoxy) is 3. The van der Waals surface area contributed by atoms with Gasteiger partial charge in [-0.3, -0.25) is 4.79 Å². The lowest BCUT2D eigenvalue weighted by atomic mass is 10.2. The minimum absolute atomic E-state index is 0.0880. The van der Waals surface area contributed by atoms with Gasteiger partial charge in [0.1, 0.15) is 23.9 Å². The van der Waals surface area contributed by atoms with Gasteiger partial charge in [-0.05, 0) is 26.8 Å². The highest BCUT2D eigenvalue weighted by Gasteiger charge is 2.29. The van der Waals surface area contributed by atoms with Crippen LogP contribution in [0, 0.1) is 0 Å². The Hall–Kier alpha value is -2.65. The number of hydrogen-bond acceptors (Lipinski definition) is 6. The fraction of sp³-hybridized carbons (Fsp3) is 0.500. The first kappa shape index (κ1) is 17.7. The smallest absolute Gasteiger partial charge is 0.408 e. The van der Waals surface area contributed by atoms with Gasteiger partial charge in [0.2, 0.25) is 11.8 Å². The summed E-state index contributed by atoms with van der Waals surface area (Å²) in [4.78, 5) is 27.6. The SMILES string of the molecule is CC(C)(C)OC(=O)N[C@H]1COc2nc(OC(F)F)ccc2NC1=O. The molecule has 132 valence electrons. The Morgan fingerprint density at radius 1 is 1.46 bits per heavy atom. The van der Waals surface area contributed by atoms with Crippen LogP contribution in [0.3, 0.4) is 0 Å². The van der Waals surface area contributed by atoms with Gasteiger partial charge in [0.15, 0.2) is 0 Å². The summed E-state index contributed by atoms with van der Waals surface area (Å²) in [6.45, 7) is 1.77. The minimum Gasteiger partial charge on any atom is -0.473 e. The van der Waals surface area contributed by atoms with Crippen molar-refractivity contribution < 1.29 is 32.6 Å². The maximum atomic E-state index is 12.2. The largest absolute Gasteiger partial charge is 0.473 e. The van der Waals surface area contributed by atoms with Crippen molar-refractivity contribution in [2.75, 3.05) is 11.9 Å². The molecule has 0 aliphatic carbocycles. The Bertz CT molecular complexity index is 633. The van der Waals surface area contributed by atoms with Crippen LogP contribution >= 0.6 is 0 Å². The zero-order valence-electron chi connectivity index (χ0n) is 13.3. The second-order valence-electron chi connectivity index (χ2n) is 5.88. The van der Waals surface area contributed by atoms with E-state index in [1.807, 2.05) is 0 Å². The highest BCUT2D eigenvalue weighted by Crippen LogP contribution is 2.28. The summed E-state index contributed by atoms with van der Waals surface area (Å²) in [5.74, 6) is -0.990. The summed E-state index contributed by atoms with van der Waals surface area (Å²) in [6.07, 6.45) is -0.785. The molecule has 1 aliphatic rings. The van der Waals surface area contributed by atoms with E-state index in [0.717, 1.165) is 6.07 Å². The molecule has 0 saturated heterocycles. The second-order valence-corrected chi connectivity index (χ2v) is 5.88. The van der Waals surface area contributed by atoms with Gasteiger partial charge in [0, 0.05) is 6.07 Å². The fourth-order valence-corrected chi connectivity index (χ4v) is 1.80. The van der Waals surface area contributed by atoms with Gasteiger partial charge in [-0.15, -0.1) is 0 Å². The van der Waals surface area contributed by atoms with Crippen molar-refractivity contribution in [3.05, 3.63) is 12.1 Å². The number of nitrogens with one attached hydrogen (secondary N) is 2. The van der Waals surface area contributed by atoms with Crippen molar-refractivity contribution in [3.8, 4) is 11.8 Å². The third kappa shape index (κ3) is 4.93. The number of rotatable bonds is 3. The van der Waals surface area contributed by atoms with Crippen LogP contribution in [-0.2, 0) is 9.53 Å². The van der Waals surface area contributed by atoms with E-state index in [1.54, 1.807) is 20.8 Å². The van der Waals surface area contributed by atoms with Crippen LogP contribution in [0.15, 0.2) is 12.1 Å². The van der Waals surface area contributed by atoms with E-state index >= 15 is 0 Å². The van der Waals surface area contributed by atoms with Crippen LogP contribution in [0.2, 0.25) is 0 Å². The summed E-state index contributed by atoms with van der Waals surface area (Å²) >= 11 is 0. The summed E-state index contributed by atoms with van der Waals surface area (Å²) in [7, 11) is 0. The molecule has 1 atom stereocenters. The first-order valence-electron chi connectivity index (χ1n) is 7.03. The van der Waals surface area contributed by atoms with E-state index in [2.05, 4.69) is 20.4 Å². The standard InChI is InChI=1S/C14H17F2N3O5/c1-14(2,3)24-13(21)18-8-6-22-11-7(17-10(8)20)4-5-9(19-11)23-12(15)16/h4-5,8,12H,6H2,1-3H3,(H,17,20)(H,18,21)/t8-/m0/s1. The van der Waals surface area contributed by atoms with Crippen molar-refractivity contribution in [2.45, 2.75) is 39.0 Å². The summed E-state index contributed by atoms with van der Waals surface area (Å²) < 4.78 is 38.9. The van der Waals surface area contributed by atoms with E-state index < -0.39 is 30.3 Å². The van der Waals surface area contributed by atoms with Gasteiger partial charge in [0.25, 0.3) is 5.91 Å². The van der Waals surface area contributed by atoms with E-state index in [1.165, 1.54) is 6.07 Å². The van der Waals surface area contributed by atoms with E-state index in [4.69, 9.17) is 9.47 Å². The molecule has 1 aromatic rings. The van der Waals surface area contributed by atoms with Gasteiger partial charge in [-0.1, -0.05) is 0 Å². The minimum atomic E-state index is -3.03. The molecule has 24 heavy (non-hydrogen) atoms. The zero-order valence-corrected chi connectivity index (χ0v) is 13.3. The van der Waals surface area contributed by atoms with Crippen molar-refractivity contribution in [1.82, 2.24) is 10.3 Å². The van der Waals surface area contributed by atoms with Crippen LogP contribution in [0.1, 0.15) is 20.8 Å². The molecule has 0 fully saturated rings. The number of nitrogens with zero attached hydrogens (tertiary/aromatic N) is 1. The number of alkyl halides is 2. The molecule has 8 nitrogen and oxygen atoms in total. The molecule has 2 heterocycles. The molecule has 0 aromatic carbocycles. The Labute approximate surface area is 136 Å². The Morgan fingerprint density at radius 2 is 2.17 bits per heavy atom. The van der Waals surface area contributed by atoms with Gasteiger partial charge in [-0.25, -0.2) is 4.79 Å². The molecular formula is C14H17F2N3O5. The molecule has 10 heteroatoms. The van der Waals surface area contributed by atoms with E-state index in [9.17, 15) is 18.4 Å². The Balaban J connectivity index is 2.06. The van der Waals surface area contributed by atoms with Crippen LogP contribution in [0.25, 0.3) is 0 Å². The van der Waals surface area contributed by atoms with E-state index in [0.29, 0.717) is 0 Å². The molecule has 2 amide bonds. The molecule has 0 spiro atoms. The number of anilines is 1. The quantitative estimate of drug-likeness (QED) is 0.868. The lowest BCUT2D eigenvalue weighted by Gasteiger charge is -2.22. The maximum absolute atomic E-state index is 12.2. The number of carbonyl (C=O) groups is 2. The molecule has 0 bridgehead atoms. The summed E-state index contributed by atoms with van der Waals surface area (Å²) in [5.41, 5.74) is -0.548. The molecular weight excluding hydrogens is 328 g/mol. The topological polar surface area (TPSA) is 98.8 Å². The lowest BCUT2D eigenvalue weighted by molar-refractivity contribution is -0.118. The Morgan fingerprint density at radius 3 is 2.79 bits per heavy atom. The highest BCUT2D eigenvalue weighted by molar-refractivity contribution is 5.98. The van der Waals surface area contributed by atoms with Crippen molar-refractivity contribution >= 4 is 17.7 Å². The van der Waals surface area contributed by atoms with Crippen LogP contribution in [0.4, 0.5) is 19.3 Å². The molecule has 2 rings (SSSR count). The van der Waals surface area contributed by atoms with Gasteiger partial charge < -0.3 is 24.8 Å². The number of pyridine rings is 1. The number of aromatic nitrogens is 1. The molecule has 2 N–H and O–H groups in total. The van der Waals surface area contributed by atoms with Crippen molar-refractivity contribution in [1.29, 1.82) is 0 Å². The normalized spacial score (nSPS) is 17.2. The number of hydrogen-bond donors (Lipinski definition) is 2. The van der Waals surface area contributed by atoms with Crippen LogP contribution < -0.4 is 20.1 Å². The maximum Gasteiger partial charge on any atom is 0.408 e. The van der Waals surface area contributed by atoms with Gasteiger partial charge in [0.05, 0.1) is 0 Å². The van der Waals surface area contributed by atoms with Gasteiger partial charge in [-0.2, -0.15) is 13.8 Å². The van der Waals surface area contributed by atoms with E-state index in [-0.39, 0.29) is 24.1 Å². The first-order chi connectivity index (χ1) is 11.1.